The number of amides is 1. The number of rotatable bonds is 10. The Hall–Kier alpha value is -1.33. The third-order valence-corrected chi connectivity index (χ3v) is 3.68. The van der Waals surface area contributed by atoms with Gasteiger partial charge in [0.25, 0.3) is 0 Å². The maximum atomic E-state index is 11.9. The molecule has 120 valence electrons. The number of hydrogen-bond donors (Lipinski definition) is 2. The zero-order valence-electron chi connectivity index (χ0n) is 13.7. The average molecular weight is 295 g/mol. The largest absolute Gasteiger partial charge is 0.467 e. The predicted molar refractivity (Wildman–Crippen MR) is 85.0 cm³/mol. The fraction of sp³-hybridized carbons (Fsp3) is 0.688. The third-order valence-electron chi connectivity index (χ3n) is 3.68. The average Bonchev–Trinajstić information content (AvgIpc) is 2.96. The van der Waals surface area contributed by atoms with Crippen molar-refractivity contribution < 1.29 is 9.21 Å². The lowest BCUT2D eigenvalue weighted by molar-refractivity contribution is -0.123. The van der Waals surface area contributed by atoms with Crippen LogP contribution in [0.1, 0.15) is 39.4 Å². The Kier molecular flexibility index (Phi) is 8.08. The van der Waals surface area contributed by atoms with Gasteiger partial charge in [-0.3, -0.25) is 4.79 Å². The molecule has 1 atom stereocenters. The highest BCUT2D eigenvalue weighted by molar-refractivity contribution is 5.81. The first-order valence-electron chi connectivity index (χ1n) is 7.74. The predicted octanol–water partition coefficient (Wildman–Crippen LogP) is 1.99. The molecular weight excluding hydrogens is 266 g/mol. The number of nitrogens with zero attached hydrogens (tertiary/aromatic N) is 1. The van der Waals surface area contributed by atoms with Gasteiger partial charge in [0.05, 0.1) is 18.8 Å². The molecule has 1 amide bonds. The molecule has 0 aliphatic carbocycles. The monoisotopic (exact) mass is 295 g/mol. The van der Waals surface area contributed by atoms with Crippen LogP contribution in [0.3, 0.4) is 0 Å². The summed E-state index contributed by atoms with van der Waals surface area (Å²) in [7, 11) is 2.14. The maximum Gasteiger partial charge on any atom is 0.237 e. The molecule has 1 rings (SSSR count). The molecule has 5 nitrogen and oxygen atoms in total. The standard InChI is InChI=1S/C16H29N3O2/c1-13(2)19(4)10-6-5-9-17-14(3)16(20)18-12-15-8-7-11-21-15/h7-8,11,13-14,17H,5-6,9-10,12H2,1-4H3,(H,18,20). The van der Waals surface area contributed by atoms with Crippen LogP contribution in [0, 0.1) is 0 Å². The van der Waals surface area contributed by atoms with Crippen LogP contribution in [0.25, 0.3) is 0 Å². The normalized spacial score (nSPS) is 12.9. The first-order valence-corrected chi connectivity index (χ1v) is 7.74. The molecule has 0 bridgehead atoms. The number of carbonyl (C=O) groups excluding carboxylic acids is 1. The van der Waals surface area contributed by atoms with Gasteiger partial charge in [-0.25, -0.2) is 0 Å². The Balaban J connectivity index is 2.07. The van der Waals surface area contributed by atoms with Crippen molar-refractivity contribution in [3.8, 4) is 0 Å². The summed E-state index contributed by atoms with van der Waals surface area (Å²) in [6, 6.07) is 4.08. The van der Waals surface area contributed by atoms with Crippen LogP contribution in [0.2, 0.25) is 0 Å². The van der Waals surface area contributed by atoms with E-state index in [-0.39, 0.29) is 11.9 Å². The van der Waals surface area contributed by atoms with E-state index in [2.05, 4.69) is 36.4 Å². The quantitative estimate of drug-likeness (QED) is 0.648. The number of nitrogens with one attached hydrogen (secondary N) is 2. The lowest BCUT2D eigenvalue weighted by Crippen LogP contribution is -2.42. The van der Waals surface area contributed by atoms with E-state index in [1.165, 1.54) is 0 Å². The highest BCUT2D eigenvalue weighted by Crippen LogP contribution is 1.99. The second-order valence-corrected chi connectivity index (χ2v) is 5.75. The van der Waals surface area contributed by atoms with Gasteiger partial charge in [0.1, 0.15) is 5.76 Å². The lowest BCUT2D eigenvalue weighted by Gasteiger charge is -2.21. The Bertz CT molecular complexity index is 390. The van der Waals surface area contributed by atoms with Gasteiger partial charge in [0, 0.05) is 6.04 Å². The Morgan fingerprint density at radius 1 is 1.33 bits per heavy atom. The minimum atomic E-state index is -0.178. The molecule has 0 aromatic carbocycles. The maximum absolute atomic E-state index is 11.9. The fourth-order valence-corrected chi connectivity index (χ4v) is 1.90. The molecular formula is C16H29N3O2. The van der Waals surface area contributed by atoms with Gasteiger partial charge in [0.15, 0.2) is 0 Å². The van der Waals surface area contributed by atoms with Gasteiger partial charge in [-0.2, -0.15) is 0 Å². The van der Waals surface area contributed by atoms with Crippen molar-refractivity contribution in [2.24, 2.45) is 0 Å². The van der Waals surface area contributed by atoms with Crippen LogP contribution in [0.15, 0.2) is 22.8 Å². The summed E-state index contributed by atoms with van der Waals surface area (Å²) in [5.74, 6) is 0.776. The summed E-state index contributed by atoms with van der Waals surface area (Å²) in [5, 5.41) is 6.11. The van der Waals surface area contributed by atoms with E-state index in [4.69, 9.17) is 4.42 Å². The van der Waals surface area contributed by atoms with E-state index in [0.717, 1.165) is 31.7 Å². The van der Waals surface area contributed by atoms with Crippen molar-refractivity contribution in [1.29, 1.82) is 0 Å². The van der Waals surface area contributed by atoms with Crippen LogP contribution in [0.5, 0.6) is 0 Å². The Labute approximate surface area is 128 Å². The smallest absolute Gasteiger partial charge is 0.237 e. The molecule has 2 N–H and O–H groups in total. The highest BCUT2D eigenvalue weighted by atomic mass is 16.3. The summed E-state index contributed by atoms with van der Waals surface area (Å²) >= 11 is 0. The van der Waals surface area contributed by atoms with Gasteiger partial charge in [-0.05, 0) is 65.9 Å². The van der Waals surface area contributed by atoms with Crippen LogP contribution < -0.4 is 10.6 Å². The zero-order valence-corrected chi connectivity index (χ0v) is 13.7. The zero-order chi connectivity index (χ0) is 15.7. The topological polar surface area (TPSA) is 57.5 Å². The van der Waals surface area contributed by atoms with Gasteiger partial charge in [0.2, 0.25) is 5.91 Å². The van der Waals surface area contributed by atoms with Crippen molar-refractivity contribution in [2.75, 3.05) is 20.1 Å². The van der Waals surface area contributed by atoms with E-state index < -0.39 is 0 Å². The second-order valence-electron chi connectivity index (χ2n) is 5.75. The fourth-order valence-electron chi connectivity index (χ4n) is 1.90. The minimum absolute atomic E-state index is 0.00528. The van der Waals surface area contributed by atoms with Crippen LogP contribution >= 0.6 is 0 Å². The van der Waals surface area contributed by atoms with Crippen molar-refractivity contribution in [3.63, 3.8) is 0 Å². The summed E-state index contributed by atoms with van der Waals surface area (Å²) in [4.78, 5) is 14.2. The molecule has 1 aromatic rings. The first kappa shape index (κ1) is 17.7. The van der Waals surface area contributed by atoms with Gasteiger partial charge < -0.3 is 20.0 Å². The van der Waals surface area contributed by atoms with E-state index in [9.17, 15) is 4.79 Å². The lowest BCUT2D eigenvalue weighted by atomic mass is 10.2. The minimum Gasteiger partial charge on any atom is -0.467 e. The van der Waals surface area contributed by atoms with Crippen molar-refractivity contribution in [1.82, 2.24) is 15.5 Å². The molecule has 0 saturated carbocycles. The van der Waals surface area contributed by atoms with Gasteiger partial charge in [-0.1, -0.05) is 0 Å². The molecule has 1 aromatic heterocycles. The summed E-state index contributed by atoms with van der Waals surface area (Å²) < 4.78 is 5.18. The van der Waals surface area contributed by atoms with Crippen molar-refractivity contribution in [2.45, 2.75) is 52.2 Å². The summed E-state index contributed by atoms with van der Waals surface area (Å²) in [5.41, 5.74) is 0. The number of hydrogen-bond acceptors (Lipinski definition) is 4. The molecule has 0 spiro atoms. The Morgan fingerprint density at radius 2 is 2.10 bits per heavy atom. The molecule has 0 aliphatic heterocycles. The van der Waals surface area contributed by atoms with E-state index in [1.54, 1.807) is 6.26 Å². The SMILES string of the molecule is CC(NCCCCN(C)C(C)C)C(=O)NCc1ccco1. The molecule has 21 heavy (non-hydrogen) atoms. The molecule has 5 heteroatoms. The van der Waals surface area contributed by atoms with Crippen LogP contribution in [-0.2, 0) is 11.3 Å². The summed E-state index contributed by atoms with van der Waals surface area (Å²) in [6.07, 6.45) is 3.83. The number of furan rings is 1. The molecule has 1 unspecified atom stereocenters. The molecule has 0 saturated heterocycles. The summed E-state index contributed by atoms with van der Waals surface area (Å²) in [6.45, 7) is 8.68. The Morgan fingerprint density at radius 3 is 2.71 bits per heavy atom. The molecule has 0 aliphatic rings. The highest BCUT2D eigenvalue weighted by Gasteiger charge is 2.11. The van der Waals surface area contributed by atoms with E-state index >= 15 is 0 Å². The van der Waals surface area contributed by atoms with Crippen molar-refractivity contribution >= 4 is 5.91 Å². The van der Waals surface area contributed by atoms with Crippen molar-refractivity contribution in [3.05, 3.63) is 24.2 Å². The molecule has 0 fully saturated rings. The van der Waals surface area contributed by atoms with E-state index in [1.807, 2.05) is 19.1 Å². The van der Waals surface area contributed by atoms with Gasteiger partial charge >= 0.3 is 0 Å². The second kappa shape index (κ2) is 9.58. The number of carbonyl (C=O) groups is 1. The first-order chi connectivity index (χ1) is 10.0. The molecule has 1 heterocycles. The van der Waals surface area contributed by atoms with Crippen LogP contribution in [0.4, 0.5) is 0 Å². The third kappa shape index (κ3) is 7.29. The van der Waals surface area contributed by atoms with Crippen LogP contribution in [-0.4, -0.2) is 43.0 Å². The molecule has 0 radical (unpaired) electrons. The number of unbranched alkanes of at least 4 members (excludes halogenated alkanes) is 1. The van der Waals surface area contributed by atoms with Gasteiger partial charge in [-0.15, -0.1) is 0 Å². The van der Waals surface area contributed by atoms with E-state index in [0.29, 0.717) is 12.6 Å².